The average molecular weight is 187 g/mol. The molecule has 1 N–H and O–H groups in total. The van der Waals surface area contributed by atoms with E-state index in [4.69, 9.17) is 4.74 Å². The summed E-state index contributed by atoms with van der Waals surface area (Å²) in [5, 5.41) is 12.6. The molecule has 4 heteroatoms. The van der Waals surface area contributed by atoms with Crippen molar-refractivity contribution in [1.82, 2.24) is 4.98 Å². The van der Waals surface area contributed by atoms with Crippen LogP contribution in [0.4, 0.5) is 0 Å². The lowest BCUT2D eigenvalue weighted by Gasteiger charge is -2.20. The Balaban J connectivity index is 2.50. The molecule has 0 saturated heterocycles. The zero-order valence-electron chi connectivity index (χ0n) is 7.28. The van der Waals surface area contributed by atoms with Gasteiger partial charge in [-0.1, -0.05) is 0 Å². The zero-order valence-corrected chi connectivity index (χ0v) is 8.10. The molecule has 1 atom stereocenters. The topological polar surface area (TPSA) is 42.4 Å². The van der Waals surface area contributed by atoms with E-state index in [0.29, 0.717) is 13.0 Å². The molecule has 0 aliphatic carbocycles. The Hall–Kier alpha value is -0.450. The van der Waals surface area contributed by atoms with Crippen LogP contribution in [-0.4, -0.2) is 29.4 Å². The van der Waals surface area contributed by atoms with Crippen molar-refractivity contribution in [3.05, 3.63) is 16.6 Å². The fraction of sp³-hybridized carbons (Fsp3) is 0.625. The molecule has 0 aromatic carbocycles. The van der Waals surface area contributed by atoms with Gasteiger partial charge in [0.2, 0.25) is 0 Å². The van der Waals surface area contributed by atoms with Crippen molar-refractivity contribution in [2.24, 2.45) is 0 Å². The highest BCUT2D eigenvalue weighted by Gasteiger charge is 2.21. The van der Waals surface area contributed by atoms with Crippen molar-refractivity contribution < 1.29 is 9.84 Å². The van der Waals surface area contributed by atoms with Gasteiger partial charge in [-0.3, -0.25) is 0 Å². The number of thiazole rings is 1. The van der Waals surface area contributed by atoms with E-state index in [9.17, 15) is 5.11 Å². The maximum Gasteiger partial charge on any atom is 0.0954 e. The van der Waals surface area contributed by atoms with Gasteiger partial charge in [0.15, 0.2) is 0 Å². The lowest BCUT2D eigenvalue weighted by molar-refractivity contribution is -0.0161. The second-order valence-corrected chi connectivity index (χ2v) is 4.01. The molecule has 0 aliphatic heterocycles. The highest BCUT2D eigenvalue weighted by Crippen LogP contribution is 2.14. The molecule has 68 valence electrons. The van der Waals surface area contributed by atoms with E-state index in [-0.39, 0.29) is 0 Å². The molecule has 0 radical (unpaired) electrons. The van der Waals surface area contributed by atoms with Crippen LogP contribution in [0.5, 0.6) is 0 Å². The Bertz CT molecular complexity index is 221. The van der Waals surface area contributed by atoms with Gasteiger partial charge < -0.3 is 9.84 Å². The van der Waals surface area contributed by atoms with Crippen molar-refractivity contribution >= 4 is 11.3 Å². The van der Waals surface area contributed by atoms with Crippen LogP contribution in [0, 0.1) is 0 Å². The molecule has 1 unspecified atom stereocenters. The summed E-state index contributed by atoms with van der Waals surface area (Å²) in [6.07, 6.45) is 2.29. The van der Waals surface area contributed by atoms with Crippen molar-refractivity contribution in [3.8, 4) is 0 Å². The van der Waals surface area contributed by atoms with E-state index >= 15 is 0 Å². The van der Waals surface area contributed by atoms with Gasteiger partial charge in [-0.15, -0.1) is 11.3 Å². The first-order valence-electron chi connectivity index (χ1n) is 3.74. The third-order valence-electron chi connectivity index (χ3n) is 1.47. The second kappa shape index (κ2) is 3.98. The van der Waals surface area contributed by atoms with Crippen LogP contribution in [0.15, 0.2) is 11.6 Å². The Morgan fingerprint density at radius 3 is 3.00 bits per heavy atom. The number of ether oxygens (including phenoxy) is 1. The molecule has 1 heterocycles. The number of aliphatic hydroxyl groups is 1. The number of hydrogen-bond donors (Lipinski definition) is 1. The Kier molecular flexibility index (Phi) is 3.20. The number of rotatable bonds is 4. The molecule has 0 aliphatic rings. The standard InChI is InChI=1S/C8H13NO2S/c1-8(10,6-11-2)5-7-9-3-4-12-7/h3-4,10H,5-6H2,1-2H3. The van der Waals surface area contributed by atoms with Crippen molar-refractivity contribution in [3.63, 3.8) is 0 Å². The Labute approximate surface area is 76.0 Å². The van der Waals surface area contributed by atoms with Crippen LogP contribution < -0.4 is 0 Å². The predicted octanol–water partition coefficient (Wildman–Crippen LogP) is 1.08. The number of nitrogens with zero attached hydrogens (tertiary/aromatic N) is 1. The lowest BCUT2D eigenvalue weighted by atomic mass is 10.1. The minimum absolute atomic E-state index is 0.340. The molecule has 1 aromatic heterocycles. The first-order chi connectivity index (χ1) is 5.64. The minimum Gasteiger partial charge on any atom is -0.387 e. The Morgan fingerprint density at radius 2 is 2.50 bits per heavy atom. The zero-order chi connectivity index (χ0) is 9.03. The molecule has 0 spiro atoms. The summed E-state index contributed by atoms with van der Waals surface area (Å²) < 4.78 is 4.88. The van der Waals surface area contributed by atoms with Gasteiger partial charge in [0.25, 0.3) is 0 Å². The van der Waals surface area contributed by atoms with E-state index in [1.54, 1.807) is 31.6 Å². The van der Waals surface area contributed by atoms with Crippen LogP contribution in [0.1, 0.15) is 11.9 Å². The molecule has 0 amide bonds. The van der Waals surface area contributed by atoms with Crippen LogP contribution in [0.3, 0.4) is 0 Å². The summed E-state index contributed by atoms with van der Waals surface area (Å²) >= 11 is 1.55. The third kappa shape index (κ3) is 2.89. The van der Waals surface area contributed by atoms with E-state index in [1.165, 1.54) is 0 Å². The van der Waals surface area contributed by atoms with E-state index in [1.807, 2.05) is 5.38 Å². The van der Waals surface area contributed by atoms with Crippen LogP contribution in [-0.2, 0) is 11.2 Å². The summed E-state index contributed by atoms with van der Waals surface area (Å²) in [4.78, 5) is 4.09. The monoisotopic (exact) mass is 187 g/mol. The molecule has 1 aromatic rings. The average Bonchev–Trinajstić information content (AvgIpc) is 2.38. The highest BCUT2D eigenvalue weighted by molar-refractivity contribution is 7.09. The van der Waals surface area contributed by atoms with Crippen molar-refractivity contribution in [1.29, 1.82) is 0 Å². The molecule has 1 rings (SSSR count). The maximum absolute atomic E-state index is 9.73. The minimum atomic E-state index is -0.799. The molecular formula is C8H13NO2S. The fourth-order valence-corrected chi connectivity index (χ4v) is 1.82. The molecule has 0 bridgehead atoms. The van der Waals surface area contributed by atoms with E-state index in [0.717, 1.165) is 5.01 Å². The number of hydrogen-bond acceptors (Lipinski definition) is 4. The van der Waals surface area contributed by atoms with Gasteiger partial charge in [-0.05, 0) is 6.92 Å². The molecule has 3 nitrogen and oxygen atoms in total. The summed E-state index contributed by atoms with van der Waals surface area (Å²) in [5.41, 5.74) is -0.799. The van der Waals surface area contributed by atoms with Crippen LogP contribution >= 0.6 is 11.3 Å². The van der Waals surface area contributed by atoms with Gasteiger partial charge in [0.05, 0.1) is 17.2 Å². The quantitative estimate of drug-likeness (QED) is 0.767. The highest BCUT2D eigenvalue weighted by atomic mass is 32.1. The first-order valence-corrected chi connectivity index (χ1v) is 4.62. The fourth-order valence-electron chi connectivity index (χ4n) is 1.03. The molecule has 12 heavy (non-hydrogen) atoms. The van der Waals surface area contributed by atoms with Gasteiger partial charge >= 0.3 is 0 Å². The van der Waals surface area contributed by atoms with Crippen molar-refractivity contribution in [2.75, 3.05) is 13.7 Å². The van der Waals surface area contributed by atoms with Gasteiger partial charge in [0.1, 0.15) is 0 Å². The smallest absolute Gasteiger partial charge is 0.0954 e. The van der Waals surface area contributed by atoms with Crippen molar-refractivity contribution in [2.45, 2.75) is 18.9 Å². The Morgan fingerprint density at radius 1 is 1.75 bits per heavy atom. The molecule has 0 fully saturated rings. The van der Waals surface area contributed by atoms with Crippen LogP contribution in [0.25, 0.3) is 0 Å². The second-order valence-electron chi connectivity index (χ2n) is 3.03. The summed E-state index contributed by atoms with van der Waals surface area (Å²) in [5.74, 6) is 0. The number of aromatic nitrogens is 1. The normalized spacial score (nSPS) is 15.9. The third-order valence-corrected chi connectivity index (χ3v) is 2.25. The lowest BCUT2D eigenvalue weighted by Crippen LogP contribution is -2.32. The maximum atomic E-state index is 9.73. The first kappa shape index (κ1) is 9.64. The van der Waals surface area contributed by atoms with E-state index < -0.39 is 5.60 Å². The predicted molar refractivity (Wildman–Crippen MR) is 48.3 cm³/mol. The number of methoxy groups -OCH3 is 1. The summed E-state index contributed by atoms with van der Waals surface area (Å²) in [6, 6.07) is 0. The van der Waals surface area contributed by atoms with E-state index in [2.05, 4.69) is 4.98 Å². The van der Waals surface area contributed by atoms with Crippen LogP contribution in [0.2, 0.25) is 0 Å². The molecular weight excluding hydrogens is 174 g/mol. The summed E-state index contributed by atoms with van der Waals surface area (Å²) in [6.45, 7) is 2.09. The van der Waals surface area contributed by atoms with Gasteiger partial charge in [0, 0.05) is 25.1 Å². The largest absolute Gasteiger partial charge is 0.387 e. The van der Waals surface area contributed by atoms with Gasteiger partial charge in [-0.25, -0.2) is 4.98 Å². The SMILES string of the molecule is COCC(C)(O)Cc1nccs1. The molecule has 0 saturated carbocycles. The summed E-state index contributed by atoms with van der Waals surface area (Å²) in [7, 11) is 1.58. The van der Waals surface area contributed by atoms with Gasteiger partial charge in [-0.2, -0.15) is 0 Å².